The lowest BCUT2D eigenvalue weighted by Gasteiger charge is -2.15. The molecule has 0 unspecified atom stereocenters. The van der Waals surface area contributed by atoms with Crippen LogP contribution >= 0.6 is 0 Å². The maximum atomic E-state index is 5.90. The Labute approximate surface area is 342 Å². The van der Waals surface area contributed by atoms with Gasteiger partial charge in [0.25, 0.3) is 0 Å². The van der Waals surface area contributed by atoms with Crippen LogP contribution in [-0.2, 0) is 0 Å². The first kappa shape index (κ1) is 43.7. The van der Waals surface area contributed by atoms with E-state index >= 15 is 0 Å². The molecular weight excluding hydrogens is 681 g/mol. The summed E-state index contributed by atoms with van der Waals surface area (Å²) in [6, 6.07) is 0. The Hall–Kier alpha value is -3.40. The summed E-state index contributed by atoms with van der Waals surface area (Å²) in [5.41, 5.74) is 26.7. The summed E-state index contributed by atoms with van der Waals surface area (Å²) < 4.78 is 0. The van der Waals surface area contributed by atoms with Gasteiger partial charge in [0.2, 0.25) is 0 Å². The van der Waals surface area contributed by atoms with Crippen LogP contribution in [0, 0.1) is 0 Å². The van der Waals surface area contributed by atoms with Gasteiger partial charge in [-0.1, -0.05) is 109 Å². The van der Waals surface area contributed by atoms with Gasteiger partial charge in [-0.05, 0) is 147 Å². The van der Waals surface area contributed by atoms with E-state index in [4.69, 9.17) is 20.0 Å². The Balaban J connectivity index is 2.10. The highest BCUT2D eigenvalue weighted by Crippen LogP contribution is 2.47. The van der Waals surface area contributed by atoms with E-state index in [1.807, 2.05) is 0 Å². The summed E-state index contributed by atoms with van der Waals surface area (Å²) in [6.45, 7) is 28.1. The normalized spacial score (nSPS) is 18.9. The molecule has 8 bridgehead atoms. The van der Waals surface area contributed by atoms with E-state index in [1.165, 1.54) is 113 Å². The number of nitrogens with zero attached hydrogens (tertiary/aromatic N) is 4. The number of rotatable bonds is 20. The van der Waals surface area contributed by atoms with Crippen LogP contribution in [0.1, 0.15) is 212 Å². The zero-order chi connectivity index (χ0) is 40.5. The second kappa shape index (κ2) is 20.3. The molecule has 0 radical (unpaired) electrons. The van der Waals surface area contributed by atoms with Crippen molar-refractivity contribution in [2.24, 2.45) is 20.0 Å². The average Bonchev–Trinajstić information content (AvgIpc) is 3.98. The fourth-order valence-corrected chi connectivity index (χ4v) is 9.98. The van der Waals surface area contributed by atoms with Gasteiger partial charge in [-0.25, -0.2) is 20.0 Å². The summed E-state index contributed by atoms with van der Waals surface area (Å²) >= 11 is 0. The third-order valence-electron chi connectivity index (χ3n) is 12.9. The van der Waals surface area contributed by atoms with Crippen LogP contribution in [0.4, 0.5) is 0 Å². The van der Waals surface area contributed by atoms with Gasteiger partial charge in [-0.2, -0.15) is 0 Å². The van der Waals surface area contributed by atoms with Crippen LogP contribution in [0.25, 0.3) is 0 Å². The minimum absolute atomic E-state index is 0.973. The fourth-order valence-electron chi connectivity index (χ4n) is 9.98. The van der Waals surface area contributed by atoms with Crippen molar-refractivity contribution in [3.8, 4) is 0 Å². The second-order valence-corrected chi connectivity index (χ2v) is 16.2. The molecule has 4 nitrogen and oxygen atoms in total. The Kier molecular flexibility index (Phi) is 15.9. The topological polar surface area (TPSA) is 49.4 Å². The van der Waals surface area contributed by atoms with Gasteiger partial charge in [-0.15, -0.1) is 0 Å². The summed E-state index contributed by atoms with van der Waals surface area (Å²) in [5, 5.41) is 0. The van der Waals surface area contributed by atoms with Crippen LogP contribution < -0.4 is 0 Å². The van der Waals surface area contributed by atoms with Crippen LogP contribution in [0.5, 0.6) is 0 Å². The van der Waals surface area contributed by atoms with Gasteiger partial charge < -0.3 is 0 Å². The molecule has 0 aromatic carbocycles. The van der Waals surface area contributed by atoms with Crippen LogP contribution in [0.2, 0.25) is 0 Å². The first-order chi connectivity index (χ1) is 27.3. The predicted molar refractivity (Wildman–Crippen MR) is 246 cm³/mol. The minimum Gasteiger partial charge on any atom is -0.248 e. The molecule has 5 aliphatic rings. The van der Waals surface area contributed by atoms with Gasteiger partial charge in [0, 0.05) is 22.3 Å². The van der Waals surface area contributed by atoms with Gasteiger partial charge in [-0.3, -0.25) is 0 Å². The Bertz CT molecular complexity index is 1650. The zero-order valence-electron chi connectivity index (χ0n) is 37.9. The van der Waals surface area contributed by atoms with Crippen molar-refractivity contribution in [2.45, 2.75) is 212 Å². The Morgan fingerprint density at radius 1 is 0.232 bits per heavy atom. The first-order valence-corrected chi connectivity index (χ1v) is 23.5. The average molecular weight is 757 g/mol. The largest absolute Gasteiger partial charge is 0.248 e. The molecule has 0 spiro atoms. The second-order valence-electron chi connectivity index (χ2n) is 16.2. The van der Waals surface area contributed by atoms with Gasteiger partial charge in [0.15, 0.2) is 0 Å². The molecule has 56 heavy (non-hydrogen) atoms. The molecule has 5 heterocycles. The highest BCUT2D eigenvalue weighted by atomic mass is 14.9. The summed E-state index contributed by atoms with van der Waals surface area (Å²) in [7, 11) is 0. The molecule has 0 aromatic heterocycles. The lowest BCUT2D eigenvalue weighted by Crippen LogP contribution is -2.09. The van der Waals surface area contributed by atoms with E-state index in [-0.39, 0.29) is 0 Å². The summed E-state index contributed by atoms with van der Waals surface area (Å²) in [4.78, 5) is 23.6. The lowest BCUT2D eigenvalue weighted by molar-refractivity contribution is 0.793. The van der Waals surface area contributed by atoms with E-state index in [1.54, 1.807) is 0 Å². The van der Waals surface area contributed by atoms with Crippen molar-refractivity contribution in [3.63, 3.8) is 0 Å². The van der Waals surface area contributed by atoms with Crippen LogP contribution in [-0.4, -0.2) is 22.8 Å². The number of unbranched alkanes of at least 4 members (excludes halogenated alkanes) is 4. The fraction of sp³-hybridized carbons (Fsp3) is 0.615. The van der Waals surface area contributed by atoms with E-state index in [0.717, 1.165) is 128 Å². The molecular formula is C52H76N4. The molecule has 0 aliphatic carbocycles. The molecule has 0 amide bonds. The zero-order valence-corrected chi connectivity index (χ0v) is 37.9. The summed E-state index contributed by atoms with van der Waals surface area (Å²) in [5.74, 6) is 0. The minimum atomic E-state index is 0.973. The van der Waals surface area contributed by atoms with Crippen molar-refractivity contribution in [1.82, 2.24) is 0 Å². The molecule has 0 fully saturated rings. The van der Waals surface area contributed by atoms with Crippen LogP contribution in [0.15, 0.2) is 110 Å². The van der Waals surface area contributed by atoms with E-state index in [9.17, 15) is 0 Å². The maximum absolute atomic E-state index is 5.90. The molecule has 0 saturated heterocycles. The third-order valence-corrected chi connectivity index (χ3v) is 12.9. The lowest BCUT2D eigenvalue weighted by atomic mass is 9.86. The number of hydrogen-bond acceptors (Lipinski definition) is 4. The van der Waals surface area contributed by atoms with Crippen molar-refractivity contribution >= 4 is 22.8 Å². The standard InChI is InChI=1S/C52H76N4/c1-13-25-29-41-45-33(17-5)35(19-7)47(53-45)42(30-26-14-2)49-37(21-9)39(23-11)51(55-49)44(32-28-16-4)52-40(24-12)38(22-10)50(56-52)43(31-27-15-3)48-36(20-8)34(18-6)46(41)54-48/h13-32H2,1-12H3. The molecule has 4 heteroatoms. The first-order valence-electron chi connectivity index (χ1n) is 23.5. The monoisotopic (exact) mass is 757 g/mol. The molecule has 0 aromatic rings. The van der Waals surface area contributed by atoms with Gasteiger partial charge in [0.05, 0.1) is 45.6 Å². The number of hydrogen-bond donors (Lipinski definition) is 0. The number of allylic oxidation sites excluding steroid dienone is 12. The molecule has 0 atom stereocenters. The molecule has 5 aliphatic heterocycles. The van der Waals surface area contributed by atoms with Crippen molar-refractivity contribution < 1.29 is 0 Å². The smallest absolute Gasteiger partial charge is 0.0726 e. The highest BCUT2D eigenvalue weighted by molar-refractivity contribution is 6.24. The Morgan fingerprint density at radius 2 is 0.411 bits per heavy atom. The van der Waals surface area contributed by atoms with Crippen molar-refractivity contribution in [2.75, 3.05) is 0 Å². The molecule has 304 valence electrons. The van der Waals surface area contributed by atoms with Gasteiger partial charge >= 0.3 is 0 Å². The predicted octanol–water partition coefficient (Wildman–Crippen LogP) is 16.1. The van der Waals surface area contributed by atoms with Gasteiger partial charge in [0.1, 0.15) is 0 Å². The molecule has 0 N–H and O–H groups in total. The van der Waals surface area contributed by atoms with E-state index < -0.39 is 0 Å². The number of aliphatic imine (C=N–C) groups is 4. The van der Waals surface area contributed by atoms with E-state index in [0.29, 0.717) is 0 Å². The van der Waals surface area contributed by atoms with Crippen molar-refractivity contribution in [3.05, 3.63) is 89.7 Å². The Morgan fingerprint density at radius 3 is 0.554 bits per heavy atom. The molecule has 5 rings (SSSR count). The quantitative estimate of drug-likeness (QED) is 0.119. The maximum Gasteiger partial charge on any atom is 0.0726 e. The SMILES string of the molecule is CCCCC1=C2N=C(C(CC)=C2CC)C(CCCC)=C2N=C(C(CC)=C2CC)C(CCCC)=C2N=C(C(CC)=C2CC)C(CCCC)=C2N=C1C(CC)=C2CC. The van der Waals surface area contributed by atoms with Crippen molar-refractivity contribution in [1.29, 1.82) is 0 Å². The third kappa shape index (κ3) is 8.02. The molecule has 0 saturated carbocycles. The van der Waals surface area contributed by atoms with Crippen LogP contribution in [0.3, 0.4) is 0 Å². The highest BCUT2D eigenvalue weighted by Gasteiger charge is 2.37. The summed E-state index contributed by atoms with van der Waals surface area (Å²) in [6.07, 6.45) is 20.9. The van der Waals surface area contributed by atoms with E-state index in [2.05, 4.69) is 83.1 Å². The number of fused-ring (bicyclic) bond motifs is 4.